The van der Waals surface area contributed by atoms with Crippen molar-refractivity contribution >= 4 is 32.8 Å². The van der Waals surface area contributed by atoms with Crippen LogP contribution in [0.1, 0.15) is 37.6 Å². The van der Waals surface area contributed by atoms with E-state index in [9.17, 15) is 17.6 Å². The van der Waals surface area contributed by atoms with Gasteiger partial charge in [-0.25, -0.2) is 26.6 Å². The molecule has 1 saturated heterocycles. The maximum Gasteiger partial charge on any atom is 0.410 e. The van der Waals surface area contributed by atoms with E-state index in [0.717, 1.165) is 39.2 Å². The lowest BCUT2D eigenvalue weighted by Gasteiger charge is -2.36. The van der Waals surface area contributed by atoms with E-state index in [2.05, 4.69) is 22.1 Å². The van der Waals surface area contributed by atoms with E-state index in [1.165, 1.54) is 16.1 Å². The van der Waals surface area contributed by atoms with E-state index in [-0.39, 0.29) is 16.8 Å². The molecule has 3 aromatic carbocycles. The van der Waals surface area contributed by atoms with Gasteiger partial charge >= 0.3 is 6.09 Å². The molecule has 10 nitrogen and oxygen atoms in total. The highest BCUT2D eigenvalue weighted by molar-refractivity contribution is 7.90. The van der Waals surface area contributed by atoms with Crippen LogP contribution in [0.3, 0.4) is 0 Å². The van der Waals surface area contributed by atoms with Crippen molar-refractivity contribution in [3.8, 4) is 22.3 Å². The molecule has 0 bridgehead atoms. The standard InChI is InChI=1S/C40H41FN6O4S/c1-27-9-15-34(16-10-27)52(49,50)47-26-37(36-24-43-46(28(36)2)25-29-7-6-8-32(41)21-29)35-22-31(23-42-38(35)47)30-11-13-33(14-12-30)44-17-19-45(20-18-44)39(48)51-40(3,4)5/h6-16,21-24,26H,17-20,25H2,1-5H3. The summed E-state index contributed by atoms with van der Waals surface area (Å²) in [5.74, 6) is -0.320. The van der Waals surface area contributed by atoms with Gasteiger partial charge in [0.05, 0.1) is 17.6 Å². The summed E-state index contributed by atoms with van der Waals surface area (Å²) in [5, 5.41) is 5.27. The number of anilines is 1. The lowest BCUT2D eigenvalue weighted by atomic mass is 10.0. The second-order valence-electron chi connectivity index (χ2n) is 14.2. The van der Waals surface area contributed by atoms with E-state index in [0.29, 0.717) is 49.3 Å². The van der Waals surface area contributed by atoms with Crippen LogP contribution >= 0.6 is 0 Å². The van der Waals surface area contributed by atoms with Gasteiger partial charge in [-0.05, 0) is 88.2 Å². The summed E-state index contributed by atoms with van der Waals surface area (Å²) in [4.78, 5) is 21.4. The van der Waals surface area contributed by atoms with Crippen molar-refractivity contribution < 1.29 is 22.3 Å². The molecule has 1 amide bonds. The van der Waals surface area contributed by atoms with Crippen molar-refractivity contribution in [2.24, 2.45) is 0 Å². The Morgan fingerprint density at radius 2 is 1.58 bits per heavy atom. The van der Waals surface area contributed by atoms with Crippen molar-refractivity contribution in [3.63, 3.8) is 0 Å². The van der Waals surface area contributed by atoms with E-state index in [1.54, 1.807) is 58.5 Å². The Hall–Kier alpha value is -5.49. The molecule has 0 aliphatic carbocycles. The van der Waals surface area contributed by atoms with Crippen LogP contribution in [-0.2, 0) is 21.3 Å². The highest BCUT2D eigenvalue weighted by Crippen LogP contribution is 2.36. The van der Waals surface area contributed by atoms with Crippen LogP contribution < -0.4 is 4.90 Å². The van der Waals surface area contributed by atoms with Crippen LogP contribution in [0.5, 0.6) is 0 Å². The molecule has 0 spiro atoms. The average molecular weight is 721 g/mol. The Balaban J connectivity index is 1.22. The zero-order valence-corrected chi connectivity index (χ0v) is 30.7. The summed E-state index contributed by atoms with van der Waals surface area (Å²) < 4.78 is 50.7. The molecule has 1 fully saturated rings. The third kappa shape index (κ3) is 7.03. The second kappa shape index (κ2) is 13.6. The van der Waals surface area contributed by atoms with Gasteiger partial charge in [0.1, 0.15) is 11.4 Å². The largest absolute Gasteiger partial charge is 0.444 e. The second-order valence-corrected chi connectivity index (χ2v) is 16.0. The van der Waals surface area contributed by atoms with Crippen LogP contribution in [-0.4, -0.2) is 69.9 Å². The molecular weight excluding hydrogens is 680 g/mol. The number of piperazine rings is 1. The van der Waals surface area contributed by atoms with E-state index >= 15 is 0 Å². The number of nitrogens with zero attached hydrogens (tertiary/aromatic N) is 6. The number of aryl methyl sites for hydroxylation is 1. The number of carbonyl (C=O) groups excluding carboxylic acids is 1. The quantitative estimate of drug-likeness (QED) is 0.167. The third-order valence-electron chi connectivity index (χ3n) is 9.30. The molecule has 0 unspecified atom stereocenters. The molecule has 7 rings (SSSR count). The van der Waals surface area contributed by atoms with E-state index in [1.807, 2.05) is 58.9 Å². The number of benzene rings is 3. The molecule has 1 aliphatic heterocycles. The molecule has 6 aromatic rings. The smallest absolute Gasteiger partial charge is 0.410 e. The molecular formula is C40H41FN6O4S. The van der Waals surface area contributed by atoms with Crippen LogP contribution in [0.4, 0.5) is 14.9 Å². The Morgan fingerprint density at radius 3 is 2.25 bits per heavy atom. The maximum absolute atomic E-state index is 14.1. The number of halogens is 1. The Labute approximate surface area is 303 Å². The Bertz CT molecular complexity index is 2370. The third-order valence-corrected chi connectivity index (χ3v) is 11.0. The number of aromatic nitrogens is 4. The Kier molecular flexibility index (Phi) is 9.12. The lowest BCUT2D eigenvalue weighted by molar-refractivity contribution is 0.0240. The molecule has 1 aliphatic rings. The summed E-state index contributed by atoms with van der Waals surface area (Å²) in [6.07, 6.45) is 4.74. The molecule has 0 radical (unpaired) electrons. The fraction of sp³-hybridized carbons (Fsp3) is 0.275. The first-order chi connectivity index (χ1) is 24.8. The molecule has 52 heavy (non-hydrogen) atoms. The molecule has 0 atom stereocenters. The monoisotopic (exact) mass is 720 g/mol. The van der Waals surface area contributed by atoms with Crippen LogP contribution in [0.2, 0.25) is 0 Å². The van der Waals surface area contributed by atoms with Gasteiger partial charge in [0.25, 0.3) is 10.0 Å². The summed E-state index contributed by atoms with van der Waals surface area (Å²) in [7, 11) is -4.00. The van der Waals surface area contributed by atoms with Gasteiger partial charge in [0.2, 0.25) is 0 Å². The summed E-state index contributed by atoms with van der Waals surface area (Å²) in [6.45, 7) is 12.3. The van der Waals surface area contributed by atoms with Gasteiger partial charge < -0.3 is 14.5 Å². The van der Waals surface area contributed by atoms with Crippen LogP contribution in [0.15, 0.2) is 102 Å². The lowest BCUT2D eigenvalue weighted by Crippen LogP contribution is -2.50. The number of pyridine rings is 1. The molecule has 3 aromatic heterocycles. The van der Waals surface area contributed by atoms with Crippen LogP contribution in [0.25, 0.3) is 33.3 Å². The predicted octanol–water partition coefficient (Wildman–Crippen LogP) is 7.67. The normalized spacial score (nSPS) is 13.9. The van der Waals surface area contributed by atoms with Gasteiger partial charge in [0.15, 0.2) is 5.65 Å². The zero-order valence-electron chi connectivity index (χ0n) is 29.9. The van der Waals surface area contributed by atoms with Crippen LogP contribution in [0, 0.1) is 19.7 Å². The molecule has 4 heterocycles. The van der Waals surface area contributed by atoms with Crippen molar-refractivity contribution in [2.45, 2.75) is 51.7 Å². The number of ether oxygens (including phenoxy) is 1. The first-order valence-corrected chi connectivity index (χ1v) is 18.6. The van der Waals surface area contributed by atoms with Gasteiger partial charge in [-0.15, -0.1) is 0 Å². The fourth-order valence-corrected chi connectivity index (χ4v) is 7.80. The number of hydrogen-bond donors (Lipinski definition) is 0. The average Bonchev–Trinajstić information content (AvgIpc) is 3.67. The van der Waals surface area contributed by atoms with E-state index in [4.69, 9.17) is 9.72 Å². The van der Waals surface area contributed by atoms with Gasteiger partial charge in [0, 0.05) is 72.0 Å². The van der Waals surface area contributed by atoms with Gasteiger partial charge in [-0.2, -0.15) is 5.10 Å². The first kappa shape index (κ1) is 34.9. The van der Waals surface area contributed by atoms with Crippen molar-refractivity contribution in [3.05, 3.63) is 120 Å². The molecule has 268 valence electrons. The fourth-order valence-electron chi connectivity index (χ4n) is 6.48. The summed E-state index contributed by atoms with van der Waals surface area (Å²) in [6, 6.07) is 23.3. The minimum absolute atomic E-state index is 0.161. The van der Waals surface area contributed by atoms with E-state index < -0.39 is 15.6 Å². The number of fused-ring (bicyclic) bond motifs is 1. The summed E-state index contributed by atoms with van der Waals surface area (Å²) >= 11 is 0. The summed E-state index contributed by atoms with van der Waals surface area (Å²) in [5.41, 5.74) is 6.49. The Morgan fingerprint density at radius 1 is 0.865 bits per heavy atom. The number of rotatable bonds is 7. The molecule has 12 heteroatoms. The van der Waals surface area contributed by atoms with Crippen molar-refractivity contribution in [1.82, 2.24) is 23.6 Å². The predicted molar refractivity (Wildman–Crippen MR) is 200 cm³/mol. The zero-order chi connectivity index (χ0) is 36.8. The topological polar surface area (TPSA) is 103 Å². The number of hydrogen-bond acceptors (Lipinski definition) is 7. The molecule has 0 saturated carbocycles. The minimum atomic E-state index is -4.00. The highest BCUT2D eigenvalue weighted by atomic mass is 32.2. The SMILES string of the molecule is Cc1ccc(S(=O)(=O)n2cc(-c3cnn(Cc4cccc(F)c4)c3C)c3cc(-c4ccc(N5CCN(C(=O)OC(C)(C)C)CC5)cc4)cnc32)cc1. The maximum atomic E-state index is 14.1. The number of amides is 1. The van der Waals surface area contributed by atoms with Crippen molar-refractivity contribution in [1.29, 1.82) is 0 Å². The van der Waals surface area contributed by atoms with Gasteiger partial charge in [-0.1, -0.05) is 42.0 Å². The molecule has 0 N–H and O–H groups in total. The first-order valence-electron chi connectivity index (χ1n) is 17.2. The van der Waals surface area contributed by atoms with Crippen molar-refractivity contribution in [2.75, 3.05) is 31.1 Å². The van der Waals surface area contributed by atoms with Gasteiger partial charge in [-0.3, -0.25) is 4.68 Å². The highest BCUT2D eigenvalue weighted by Gasteiger charge is 2.27. The number of carbonyl (C=O) groups is 1. The minimum Gasteiger partial charge on any atom is -0.444 e.